The zero-order chi connectivity index (χ0) is 39.9. The van der Waals surface area contributed by atoms with Crippen LogP contribution in [0.4, 0.5) is 0 Å². The Bertz CT molecular complexity index is 1630. The lowest BCUT2D eigenvalue weighted by molar-refractivity contribution is -0.290. The molecule has 1 fully saturated rings. The van der Waals surface area contributed by atoms with Crippen LogP contribution in [-0.4, -0.2) is 65.7 Å². The topological polar surface area (TPSA) is 94.5 Å². The van der Waals surface area contributed by atoms with Crippen LogP contribution in [0.15, 0.2) is 60.7 Å². The number of hydrogen-bond donors (Lipinski definition) is 1. The highest BCUT2D eigenvalue weighted by atomic mass is 35.5. The van der Waals surface area contributed by atoms with E-state index in [2.05, 4.69) is 6.92 Å². The molecule has 5 atom stereocenters. The van der Waals surface area contributed by atoms with Crippen molar-refractivity contribution in [1.29, 1.82) is 0 Å². The first kappa shape index (κ1) is 44.9. The van der Waals surface area contributed by atoms with Crippen molar-refractivity contribution < 1.29 is 33.6 Å². The predicted molar refractivity (Wildman–Crippen MR) is 223 cm³/mol. The maximum absolute atomic E-state index is 14.2. The van der Waals surface area contributed by atoms with E-state index in [9.17, 15) is 14.7 Å². The van der Waals surface area contributed by atoms with Crippen LogP contribution in [0.2, 0.25) is 20.1 Å². The number of carbonyl (C=O) groups is 2. The minimum absolute atomic E-state index is 0.00230. The van der Waals surface area contributed by atoms with Gasteiger partial charge >= 0.3 is 0 Å². The molecule has 2 heterocycles. The van der Waals surface area contributed by atoms with Gasteiger partial charge in [-0.1, -0.05) is 197 Å². The molecule has 306 valence electrons. The third kappa shape index (κ3) is 11.9. The summed E-state index contributed by atoms with van der Waals surface area (Å²) in [5.74, 6) is -1.54. The molecule has 0 bridgehead atoms. The first-order chi connectivity index (χ1) is 27.2. The molecular weight excluding hydrogens is 796 g/mol. The number of aliphatic hydroxyl groups excluding tert-OH is 1. The van der Waals surface area contributed by atoms with Crippen LogP contribution >= 0.6 is 46.4 Å². The van der Waals surface area contributed by atoms with E-state index in [0.29, 0.717) is 6.61 Å². The van der Waals surface area contributed by atoms with E-state index in [1.54, 1.807) is 0 Å². The molecule has 1 saturated heterocycles. The highest BCUT2D eigenvalue weighted by Gasteiger charge is 2.56. The van der Waals surface area contributed by atoms with Gasteiger partial charge in [0.05, 0.1) is 51.0 Å². The Morgan fingerprint density at radius 3 is 1.59 bits per heavy atom. The van der Waals surface area contributed by atoms with Gasteiger partial charge in [-0.2, -0.15) is 0 Å². The summed E-state index contributed by atoms with van der Waals surface area (Å²) in [7, 11) is 0. The molecule has 0 spiro atoms. The lowest BCUT2D eigenvalue weighted by atomic mass is 9.95. The molecule has 1 N–H and O–H groups in total. The number of imide groups is 1. The van der Waals surface area contributed by atoms with Gasteiger partial charge in [0.1, 0.15) is 24.4 Å². The summed E-state index contributed by atoms with van der Waals surface area (Å²) < 4.78 is 25.3. The molecule has 8 nitrogen and oxygen atoms in total. The van der Waals surface area contributed by atoms with Crippen molar-refractivity contribution in [1.82, 2.24) is 4.90 Å². The Morgan fingerprint density at radius 1 is 0.625 bits per heavy atom. The van der Waals surface area contributed by atoms with E-state index >= 15 is 0 Å². The van der Waals surface area contributed by atoms with Crippen LogP contribution < -0.4 is 0 Å². The fraction of sp³-hybridized carbons (Fsp3) is 0.545. The van der Waals surface area contributed by atoms with Crippen molar-refractivity contribution in [2.45, 2.75) is 141 Å². The van der Waals surface area contributed by atoms with Crippen molar-refractivity contribution in [3.8, 4) is 0 Å². The van der Waals surface area contributed by atoms with Gasteiger partial charge in [-0.05, 0) is 17.5 Å². The number of fused-ring (bicyclic) bond motifs is 1. The number of hydrogen-bond acceptors (Lipinski definition) is 7. The molecule has 12 heteroatoms. The van der Waals surface area contributed by atoms with Gasteiger partial charge in [0.25, 0.3) is 11.8 Å². The average molecular weight is 852 g/mol. The largest absolute Gasteiger partial charge is 0.388 e. The second kappa shape index (κ2) is 23.4. The Morgan fingerprint density at radius 2 is 1.09 bits per heavy atom. The van der Waals surface area contributed by atoms with Crippen molar-refractivity contribution in [2.24, 2.45) is 0 Å². The van der Waals surface area contributed by atoms with Gasteiger partial charge < -0.3 is 24.1 Å². The molecule has 2 aliphatic heterocycles. The summed E-state index contributed by atoms with van der Waals surface area (Å²) in [4.78, 5) is 29.4. The van der Waals surface area contributed by atoms with Gasteiger partial charge in [0.15, 0.2) is 6.29 Å². The number of benzene rings is 3. The van der Waals surface area contributed by atoms with Gasteiger partial charge in [-0.3, -0.25) is 14.5 Å². The highest BCUT2D eigenvalue weighted by Crippen LogP contribution is 2.46. The minimum Gasteiger partial charge on any atom is -0.388 e. The Balaban J connectivity index is 1.28. The van der Waals surface area contributed by atoms with Gasteiger partial charge in [0, 0.05) is 6.61 Å². The molecule has 2 amide bonds. The second-order valence-electron chi connectivity index (χ2n) is 14.7. The summed E-state index contributed by atoms with van der Waals surface area (Å²) in [6.07, 6.45) is 12.5. The number of carbonyl (C=O) groups excluding carboxylic acids is 2. The minimum atomic E-state index is -1.33. The van der Waals surface area contributed by atoms with Crippen LogP contribution in [0.25, 0.3) is 0 Å². The molecule has 0 unspecified atom stereocenters. The average Bonchev–Trinajstić information content (AvgIpc) is 3.47. The lowest BCUT2D eigenvalue weighted by Crippen LogP contribution is -2.66. The van der Waals surface area contributed by atoms with E-state index in [0.717, 1.165) is 41.7 Å². The standard InChI is InChI=1S/C44H55Cl4NO7/c1-2-3-4-5-6-7-8-9-10-11-12-13-14-21-26-54-44-39(49-42(51)33-34(43(49)52)36(46)38(48)37(47)35(33)45)41(55-28-31-24-19-16-20-25-31)40(50)32(56-44)29-53-27-30-22-17-15-18-23-30/h15-20,22-25,32,39-41,44,50H,2-14,21,26-29H2,1H3/t32-,39-,40-,41-,44-/m1/s1. The van der Waals surface area contributed by atoms with Gasteiger partial charge in [-0.15, -0.1) is 0 Å². The monoisotopic (exact) mass is 849 g/mol. The van der Waals surface area contributed by atoms with Gasteiger partial charge in [-0.25, -0.2) is 0 Å². The zero-order valence-corrected chi connectivity index (χ0v) is 35.3. The molecule has 0 saturated carbocycles. The Hall–Kier alpha value is -2.24. The summed E-state index contributed by atoms with van der Waals surface area (Å²) >= 11 is 25.7. The van der Waals surface area contributed by atoms with E-state index in [4.69, 9.17) is 65.4 Å². The van der Waals surface area contributed by atoms with Crippen molar-refractivity contribution >= 4 is 58.2 Å². The number of amides is 2. The van der Waals surface area contributed by atoms with Crippen molar-refractivity contribution in [3.05, 3.63) is 103 Å². The maximum atomic E-state index is 14.2. The lowest BCUT2D eigenvalue weighted by Gasteiger charge is -2.46. The quantitative estimate of drug-likeness (QED) is 0.0415. The summed E-state index contributed by atoms with van der Waals surface area (Å²) in [5, 5.41) is 11.2. The fourth-order valence-electron chi connectivity index (χ4n) is 7.41. The van der Waals surface area contributed by atoms with Crippen molar-refractivity contribution in [2.75, 3.05) is 13.2 Å². The summed E-state index contributed by atoms with van der Waals surface area (Å²) in [5.41, 5.74) is 1.43. The van der Waals surface area contributed by atoms with Crippen LogP contribution in [0.3, 0.4) is 0 Å². The van der Waals surface area contributed by atoms with Crippen LogP contribution in [0, 0.1) is 0 Å². The molecular formula is C44H55Cl4NO7. The number of nitrogens with zero attached hydrogens (tertiary/aromatic N) is 1. The molecule has 56 heavy (non-hydrogen) atoms. The van der Waals surface area contributed by atoms with Crippen molar-refractivity contribution in [3.63, 3.8) is 0 Å². The number of unbranched alkanes of at least 4 members (excludes halogenated alkanes) is 13. The molecule has 2 aliphatic rings. The second-order valence-corrected chi connectivity index (χ2v) is 16.3. The zero-order valence-electron chi connectivity index (χ0n) is 32.2. The van der Waals surface area contributed by atoms with Crippen LogP contribution in [0.1, 0.15) is 129 Å². The smallest absolute Gasteiger partial charge is 0.263 e. The molecule has 0 radical (unpaired) electrons. The Kier molecular flexibility index (Phi) is 18.7. The third-order valence-electron chi connectivity index (χ3n) is 10.5. The van der Waals surface area contributed by atoms with E-state index in [1.807, 2.05) is 60.7 Å². The molecule has 0 aliphatic carbocycles. The number of ether oxygens (including phenoxy) is 4. The van der Waals surface area contributed by atoms with Crippen LogP contribution in [0.5, 0.6) is 0 Å². The first-order valence-electron chi connectivity index (χ1n) is 20.2. The van der Waals surface area contributed by atoms with E-state index < -0.39 is 42.5 Å². The normalized spacial score (nSPS) is 20.9. The number of halogens is 4. The molecule has 0 aromatic heterocycles. The Labute approximate surface area is 352 Å². The molecule has 3 aromatic carbocycles. The third-order valence-corrected chi connectivity index (χ3v) is 12.3. The molecule has 5 rings (SSSR count). The first-order valence-corrected chi connectivity index (χ1v) is 21.7. The van der Waals surface area contributed by atoms with Crippen LogP contribution in [-0.2, 0) is 32.2 Å². The summed E-state index contributed by atoms with van der Waals surface area (Å²) in [6.45, 7) is 2.90. The molecule has 3 aromatic rings. The van der Waals surface area contributed by atoms with Gasteiger partial charge in [0.2, 0.25) is 0 Å². The number of aliphatic hydroxyl groups is 1. The highest BCUT2D eigenvalue weighted by molar-refractivity contribution is 6.55. The summed E-state index contributed by atoms with van der Waals surface area (Å²) in [6, 6.07) is 17.8. The maximum Gasteiger partial charge on any atom is 0.263 e. The number of rotatable bonds is 24. The van der Waals surface area contributed by atoms with E-state index in [-0.39, 0.29) is 51.0 Å². The fourth-order valence-corrected chi connectivity index (χ4v) is 8.42. The SMILES string of the molecule is CCCCCCCCCCCCCCCCO[C@@H]1O[C@H](COCc2ccccc2)[C@@H](O)[C@H](OCc2ccccc2)[C@H]1N1C(=O)c2c(Cl)c(Cl)c(Cl)c(Cl)c2C1=O. The van der Waals surface area contributed by atoms with E-state index in [1.165, 1.54) is 64.2 Å². The predicted octanol–water partition coefficient (Wildman–Crippen LogP) is 11.7.